The predicted molar refractivity (Wildman–Crippen MR) is 240 cm³/mol. The van der Waals surface area contributed by atoms with Crippen LogP contribution in [0.15, 0.2) is 48.6 Å². The normalized spacial score (nSPS) is 14.3. The Bertz CT molecular complexity index is 1110. The van der Waals surface area contributed by atoms with Gasteiger partial charge in [-0.05, 0) is 51.4 Å². The molecule has 0 aromatic rings. The standard InChI is InChI=1S/C47H86NO9P/c1-3-5-7-9-11-13-15-17-19-20-21-22-23-24-25-26-28-30-32-34-36-38-40-54-41-44(42-55-58(52,53)56-43-45(48)47(50)51)57-46(49)39-37-35-33-31-29-27-18-16-14-12-10-8-6-4-2/h5,7,11,13,17,19,21-22,44-45H,3-4,6,8-10,12,14-16,18,20,23-43,48H2,1-2H3,(H,50,51)(H,52,53)/b7-5-,13-11-,19-17-,22-21-. The molecule has 3 unspecified atom stereocenters. The first-order chi connectivity index (χ1) is 28.2. The molecule has 0 aliphatic rings. The highest BCUT2D eigenvalue weighted by atomic mass is 31.2. The number of nitrogens with two attached hydrogens (primary N) is 1. The van der Waals surface area contributed by atoms with E-state index in [1.54, 1.807) is 0 Å². The molecule has 11 heteroatoms. The van der Waals surface area contributed by atoms with Crippen LogP contribution < -0.4 is 5.73 Å². The van der Waals surface area contributed by atoms with Crippen LogP contribution >= 0.6 is 7.82 Å². The molecule has 0 saturated heterocycles. The molecule has 3 atom stereocenters. The zero-order valence-electron chi connectivity index (χ0n) is 36.9. The van der Waals surface area contributed by atoms with E-state index < -0.39 is 45.1 Å². The van der Waals surface area contributed by atoms with Crippen LogP contribution in [-0.2, 0) is 32.7 Å². The van der Waals surface area contributed by atoms with Crippen molar-refractivity contribution >= 4 is 19.8 Å². The van der Waals surface area contributed by atoms with E-state index in [-0.39, 0.29) is 13.0 Å². The molecule has 338 valence electrons. The number of ether oxygens (including phenoxy) is 2. The second-order valence-electron chi connectivity index (χ2n) is 15.5. The van der Waals surface area contributed by atoms with Gasteiger partial charge in [0, 0.05) is 13.0 Å². The minimum Gasteiger partial charge on any atom is -0.480 e. The highest BCUT2D eigenvalue weighted by molar-refractivity contribution is 7.47. The Labute approximate surface area is 354 Å². The van der Waals surface area contributed by atoms with Crippen LogP contribution in [0.25, 0.3) is 0 Å². The average molecular weight is 840 g/mol. The number of hydrogen-bond acceptors (Lipinski definition) is 8. The molecule has 4 N–H and O–H groups in total. The Morgan fingerprint density at radius 3 is 1.50 bits per heavy atom. The zero-order chi connectivity index (χ0) is 42.6. The number of esters is 1. The second-order valence-corrected chi connectivity index (χ2v) is 17.0. The number of phosphoric acid groups is 1. The van der Waals surface area contributed by atoms with Crippen molar-refractivity contribution in [3.63, 3.8) is 0 Å². The number of hydrogen-bond donors (Lipinski definition) is 3. The molecule has 0 heterocycles. The first-order valence-electron chi connectivity index (χ1n) is 23.2. The third-order valence-corrected chi connectivity index (χ3v) is 10.8. The van der Waals surface area contributed by atoms with Gasteiger partial charge in [0.15, 0.2) is 0 Å². The molecule has 0 fully saturated rings. The number of unbranched alkanes of at least 4 members (excludes halogenated alkanes) is 22. The Hall–Kier alpha value is -2.07. The third kappa shape index (κ3) is 42.1. The van der Waals surface area contributed by atoms with Gasteiger partial charge >= 0.3 is 19.8 Å². The number of rotatable bonds is 44. The lowest BCUT2D eigenvalue weighted by atomic mass is 10.0. The molecule has 0 rings (SSSR count). The van der Waals surface area contributed by atoms with Gasteiger partial charge in [0.2, 0.25) is 0 Å². The van der Waals surface area contributed by atoms with Gasteiger partial charge in [0.1, 0.15) is 12.1 Å². The fraction of sp³-hybridized carbons (Fsp3) is 0.787. The highest BCUT2D eigenvalue weighted by Gasteiger charge is 2.27. The summed E-state index contributed by atoms with van der Waals surface area (Å²) in [4.78, 5) is 33.6. The molecule has 0 aromatic carbocycles. The molecule has 0 radical (unpaired) electrons. The monoisotopic (exact) mass is 840 g/mol. The maximum absolute atomic E-state index is 12.6. The van der Waals surface area contributed by atoms with Crippen molar-refractivity contribution in [3.8, 4) is 0 Å². The summed E-state index contributed by atoms with van der Waals surface area (Å²) in [7, 11) is -4.62. The van der Waals surface area contributed by atoms with E-state index in [9.17, 15) is 19.0 Å². The van der Waals surface area contributed by atoms with E-state index in [0.29, 0.717) is 13.0 Å². The van der Waals surface area contributed by atoms with Gasteiger partial charge in [0.25, 0.3) is 0 Å². The molecule has 0 aliphatic heterocycles. The number of allylic oxidation sites excluding steroid dienone is 8. The van der Waals surface area contributed by atoms with E-state index in [4.69, 9.17) is 29.4 Å². The van der Waals surface area contributed by atoms with Crippen LogP contribution in [-0.4, -0.2) is 60.5 Å². The van der Waals surface area contributed by atoms with Crippen molar-refractivity contribution in [1.82, 2.24) is 0 Å². The molecule has 0 spiro atoms. The SMILES string of the molecule is CC/C=C\C/C=C\C/C=C\C/C=C\CCCCCCCCCCCOCC(COP(=O)(O)OCC(N)C(=O)O)OC(=O)CCCCCCCCCCCCCCCC. The molecule has 0 saturated carbocycles. The predicted octanol–water partition coefficient (Wildman–Crippen LogP) is 13.0. The van der Waals surface area contributed by atoms with Gasteiger partial charge in [-0.15, -0.1) is 0 Å². The van der Waals surface area contributed by atoms with Gasteiger partial charge in [-0.2, -0.15) is 0 Å². The lowest BCUT2D eigenvalue weighted by Crippen LogP contribution is -2.34. The number of carboxylic acid groups (broad SMARTS) is 1. The van der Waals surface area contributed by atoms with Crippen molar-refractivity contribution < 1.29 is 42.7 Å². The summed E-state index contributed by atoms with van der Waals surface area (Å²) in [6, 6.07) is -1.47. The maximum Gasteiger partial charge on any atom is 0.472 e. The average Bonchev–Trinajstić information content (AvgIpc) is 3.20. The smallest absolute Gasteiger partial charge is 0.472 e. The first-order valence-corrected chi connectivity index (χ1v) is 24.7. The summed E-state index contributed by atoms with van der Waals surface area (Å²) in [5.41, 5.74) is 5.36. The minimum atomic E-state index is -4.62. The van der Waals surface area contributed by atoms with Gasteiger partial charge in [-0.25, -0.2) is 4.57 Å². The van der Waals surface area contributed by atoms with Gasteiger partial charge < -0.3 is 25.2 Å². The van der Waals surface area contributed by atoms with Crippen LogP contribution in [0, 0.1) is 0 Å². The minimum absolute atomic E-state index is 0.0139. The van der Waals surface area contributed by atoms with Gasteiger partial charge in [-0.1, -0.05) is 191 Å². The quantitative estimate of drug-likeness (QED) is 0.0234. The Balaban J connectivity index is 4.17. The van der Waals surface area contributed by atoms with Crippen LogP contribution in [0.4, 0.5) is 0 Å². The molecule has 0 bridgehead atoms. The Kier molecular flexibility index (Phi) is 41.5. The first kappa shape index (κ1) is 55.9. The molecule has 0 aromatic heterocycles. The van der Waals surface area contributed by atoms with Crippen LogP contribution in [0.3, 0.4) is 0 Å². The summed E-state index contributed by atoms with van der Waals surface area (Å²) >= 11 is 0. The Morgan fingerprint density at radius 2 is 1.00 bits per heavy atom. The van der Waals surface area contributed by atoms with Gasteiger partial charge in [0.05, 0.1) is 19.8 Å². The van der Waals surface area contributed by atoms with Crippen LogP contribution in [0.2, 0.25) is 0 Å². The lowest BCUT2D eigenvalue weighted by molar-refractivity contribution is -0.154. The summed E-state index contributed by atoms with van der Waals surface area (Å²) in [6.45, 7) is 3.77. The number of carbonyl (C=O) groups excluding carboxylic acids is 1. The number of aliphatic carboxylic acids is 1. The summed E-state index contributed by atoms with van der Waals surface area (Å²) in [5, 5.41) is 8.90. The second kappa shape index (κ2) is 43.0. The lowest BCUT2D eigenvalue weighted by Gasteiger charge is -2.20. The Morgan fingerprint density at radius 1 is 0.569 bits per heavy atom. The molecular weight excluding hydrogens is 753 g/mol. The largest absolute Gasteiger partial charge is 0.480 e. The van der Waals surface area contributed by atoms with Crippen LogP contribution in [0.5, 0.6) is 0 Å². The van der Waals surface area contributed by atoms with Crippen molar-refractivity contribution in [2.75, 3.05) is 26.4 Å². The van der Waals surface area contributed by atoms with E-state index in [1.165, 1.54) is 109 Å². The molecule has 58 heavy (non-hydrogen) atoms. The zero-order valence-corrected chi connectivity index (χ0v) is 37.8. The van der Waals surface area contributed by atoms with E-state index in [0.717, 1.165) is 64.2 Å². The van der Waals surface area contributed by atoms with Crippen molar-refractivity contribution in [2.45, 2.75) is 212 Å². The van der Waals surface area contributed by atoms with E-state index >= 15 is 0 Å². The molecular formula is C47H86NO9P. The van der Waals surface area contributed by atoms with Gasteiger partial charge in [-0.3, -0.25) is 18.6 Å². The number of carbonyl (C=O) groups is 2. The maximum atomic E-state index is 12.6. The summed E-state index contributed by atoms with van der Waals surface area (Å²) in [5.74, 6) is -1.78. The van der Waals surface area contributed by atoms with E-state index in [1.807, 2.05) is 0 Å². The van der Waals surface area contributed by atoms with Crippen molar-refractivity contribution in [2.24, 2.45) is 5.73 Å². The molecule has 10 nitrogen and oxygen atoms in total. The van der Waals surface area contributed by atoms with Crippen molar-refractivity contribution in [3.05, 3.63) is 48.6 Å². The number of carboxylic acids is 1. The topological polar surface area (TPSA) is 155 Å². The summed E-state index contributed by atoms with van der Waals surface area (Å²) in [6.07, 6.45) is 50.2. The van der Waals surface area contributed by atoms with Crippen molar-refractivity contribution in [1.29, 1.82) is 0 Å². The fourth-order valence-corrected chi connectivity index (χ4v) is 7.08. The van der Waals surface area contributed by atoms with E-state index in [2.05, 4.69) is 62.5 Å². The molecule has 0 aliphatic carbocycles. The van der Waals surface area contributed by atoms with Crippen LogP contribution in [0.1, 0.15) is 200 Å². The highest BCUT2D eigenvalue weighted by Crippen LogP contribution is 2.43. The summed E-state index contributed by atoms with van der Waals surface area (Å²) < 4.78 is 33.4. The number of phosphoric ester groups is 1. The molecule has 0 amide bonds. The third-order valence-electron chi connectivity index (χ3n) is 9.87. The fourth-order valence-electron chi connectivity index (χ4n) is 6.30.